The molecule has 1 saturated heterocycles. The first-order valence-corrected chi connectivity index (χ1v) is 7.31. The Labute approximate surface area is 116 Å². The van der Waals surface area contributed by atoms with E-state index in [1.807, 2.05) is 0 Å². The molecule has 0 saturated carbocycles. The fraction of sp³-hybridized carbons (Fsp3) is 0.625. The standard InChI is InChI=1S/C16H26N2O/c1-13(2)18-9-10-19-16(12-18)11-17-14(3)15-7-5-4-6-8-15/h4-8,13-14,16-17H,9-12H2,1-3H3. The van der Waals surface area contributed by atoms with Gasteiger partial charge in [0, 0.05) is 31.7 Å². The van der Waals surface area contributed by atoms with Crippen molar-refractivity contribution in [2.75, 3.05) is 26.2 Å². The zero-order chi connectivity index (χ0) is 13.7. The summed E-state index contributed by atoms with van der Waals surface area (Å²) in [5.41, 5.74) is 1.33. The highest BCUT2D eigenvalue weighted by molar-refractivity contribution is 5.18. The van der Waals surface area contributed by atoms with E-state index in [1.165, 1.54) is 5.56 Å². The van der Waals surface area contributed by atoms with Crippen molar-refractivity contribution in [3.63, 3.8) is 0 Å². The van der Waals surface area contributed by atoms with Crippen molar-refractivity contribution in [3.8, 4) is 0 Å². The smallest absolute Gasteiger partial charge is 0.0827 e. The summed E-state index contributed by atoms with van der Waals surface area (Å²) in [6.45, 7) is 10.6. The van der Waals surface area contributed by atoms with Crippen molar-refractivity contribution in [2.24, 2.45) is 0 Å². The Morgan fingerprint density at radius 2 is 2.00 bits per heavy atom. The molecule has 1 heterocycles. The van der Waals surface area contributed by atoms with Gasteiger partial charge >= 0.3 is 0 Å². The Hall–Kier alpha value is -0.900. The molecule has 0 aliphatic carbocycles. The van der Waals surface area contributed by atoms with E-state index in [-0.39, 0.29) is 0 Å². The lowest BCUT2D eigenvalue weighted by atomic mass is 10.1. The molecule has 1 fully saturated rings. The van der Waals surface area contributed by atoms with Gasteiger partial charge in [-0.15, -0.1) is 0 Å². The molecule has 3 heteroatoms. The summed E-state index contributed by atoms with van der Waals surface area (Å²) in [5.74, 6) is 0. The summed E-state index contributed by atoms with van der Waals surface area (Å²) in [7, 11) is 0. The average molecular weight is 262 g/mol. The third kappa shape index (κ3) is 4.30. The Morgan fingerprint density at radius 3 is 2.68 bits per heavy atom. The lowest BCUT2D eigenvalue weighted by Crippen LogP contribution is -2.49. The third-order valence-corrected chi connectivity index (χ3v) is 3.85. The van der Waals surface area contributed by atoms with Crippen molar-refractivity contribution in [1.29, 1.82) is 0 Å². The molecule has 0 spiro atoms. The van der Waals surface area contributed by atoms with E-state index in [2.05, 4.69) is 61.3 Å². The number of morpholine rings is 1. The first-order valence-electron chi connectivity index (χ1n) is 7.31. The molecule has 1 aromatic carbocycles. The molecular formula is C16H26N2O. The number of nitrogens with one attached hydrogen (secondary N) is 1. The summed E-state index contributed by atoms with van der Waals surface area (Å²) in [5, 5.41) is 3.58. The molecule has 3 nitrogen and oxygen atoms in total. The number of hydrogen-bond acceptors (Lipinski definition) is 3. The van der Waals surface area contributed by atoms with Crippen molar-refractivity contribution in [3.05, 3.63) is 35.9 Å². The van der Waals surface area contributed by atoms with Crippen LogP contribution in [0.5, 0.6) is 0 Å². The molecule has 106 valence electrons. The number of hydrogen-bond donors (Lipinski definition) is 1. The highest BCUT2D eigenvalue weighted by Crippen LogP contribution is 2.13. The third-order valence-electron chi connectivity index (χ3n) is 3.85. The van der Waals surface area contributed by atoms with Crippen molar-refractivity contribution < 1.29 is 4.74 Å². The number of rotatable bonds is 5. The fourth-order valence-corrected chi connectivity index (χ4v) is 2.50. The minimum Gasteiger partial charge on any atom is -0.374 e. The molecule has 2 atom stereocenters. The van der Waals surface area contributed by atoms with Crippen molar-refractivity contribution >= 4 is 0 Å². The minimum atomic E-state index is 0.308. The van der Waals surface area contributed by atoms with Gasteiger partial charge in [0.2, 0.25) is 0 Å². The van der Waals surface area contributed by atoms with E-state index in [9.17, 15) is 0 Å². The molecule has 0 amide bonds. The van der Waals surface area contributed by atoms with E-state index >= 15 is 0 Å². The topological polar surface area (TPSA) is 24.5 Å². The van der Waals surface area contributed by atoms with E-state index in [1.54, 1.807) is 0 Å². The van der Waals surface area contributed by atoms with Crippen LogP contribution in [0.1, 0.15) is 32.4 Å². The number of nitrogens with zero attached hydrogens (tertiary/aromatic N) is 1. The molecule has 2 unspecified atom stereocenters. The Morgan fingerprint density at radius 1 is 1.26 bits per heavy atom. The van der Waals surface area contributed by atoms with E-state index < -0.39 is 0 Å². The molecule has 0 radical (unpaired) electrons. The van der Waals surface area contributed by atoms with Crippen LogP contribution in [0.25, 0.3) is 0 Å². The summed E-state index contributed by atoms with van der Waals surface area (Å²) < 4.78 is 5.84. The zero-order valence-corrected chi connectivity index (χ0v) is 12.3. The summed E-state index contributed by atoms with van der Waals surface area (Å²) in [6.07, 6.45) is 0.308. The van der Waals surface area contributed by atoms with Gasteiger partial charge in [0.25, 0.3) is 0 Å². The maximum Gasteiger partial charge on any atom is 0.0827 e. The number of benzene rings is 1. The van der Waals surface area contributed by atoms with Crippen LogP contribution in [0, 0.1) is 0 Å². The van der Waals surface area contributed by atoms with Crippen LogP contribution in [0.4, 0.5) is 0 Å². The maximum atomic E-state index is 5.84. The van der Waals surface area contributed by atoms with Crippen LogP contribution in [0.2, 0.25) is 0 Å². The second-order valence-electron chi connectivity index (χ2n) is 5.62. The molecule has 19 heavy (non-hydrogen) atoms. The van der Waals surface area contributed by atoms with Gasteiger partial charge in [-0.2, -0.15) is 0 Å². The first-order chi connectivity index (χ1) is 9.16. The molecule has 1 aromatic rings. The van der Waals surface area contributed by atoms with Crippen LogP contribution in [0.3, 0.4) is 0 Å². The van der Waals surface area contributed by atoms with Crippen LogP contribution >= 0.6 is 0 Å². The first kappa shape index (κ1) is 14.5. The highest BCUT2D eigenvalue weighted by atomic mass is 16.5. The SMILES string of the molecule is CC(NCC1CN(C(C)C)CCO1)c1ccccc1. The maximum absolute atomic E-state index is 5.84. The van der Waals surface area contributed by atoms with Crippen molar-refractivity contribution in [2.45, 2.75) is 39.0 Å². The van der Waals surface area contributed by atoms with Gasteiger partial charge in [0.1, 0.15) is 0 Å². The largest absolute Gasteiger partial charge is 0.374 e. The van der Waals surface area contributed by atoms with Crippen LogP contribution < -0.4 is 5.32 Å². The van der Waals surface area contributed by atoms with Crippen molar-refractivity contribution in [1.82, 2.24) is 10.2 Å². The molecule has 1 N–H and O–H groups in total. The second kappa shape index (κ2) is 7.04. The average Bonchev–Trinajstić information content (AvgIpc) is 2.46. The Bertz CT molecular complexity index is 366. The molecule has 1 aliphatic rings. The normalized spacial score (nSPS) is 22.6. The van der Waals surface area contributed by atoms with Gasteiger partial charge in [-0.3, -0.25) is 4.90 Å². The predicted molar refractivity (Wildman–Crippen MR) is 79.3 cm³/mol. The van der Waals surface area contributed by atoms with E-state index in [4.69, 9.17) is 4.74 Å². The van der Waals surface area contributed by atoms with Gasteiger partial charge in [-0.05, 0) is 26.3 Å². The van der Waals surface area contributed by atoms with Gasteiger partial charge in [0.15, 0.2) is 0 Å². The van der Waals surface area contributed by atoms with E-state index in [0.717, 1.165) is 26.2 Å². The fourth-order valence-electron chi connectivity index (χ4n) is 2.50. The second-order valence-corrected chi connectivity index (χ2v) is 5.62. The molecule has 0 bridgehead atoms. The molecular weight excluding hydrogens is 236 g/mol. The number of ether oxygens (including phenoxy) is 1. The lowest BCUT2D eigenvalue weighted by Gasteiger charge is -2.36. The predicted octanol–water partition coefficient (Wildman–Crippen LogP) is 2.45. The van der Waals surface area contributed by atoms with Crippen LogP contribution in [-0.4, -0.2) is 43.3 Å². The molecule has 2 rings (SSSR count). The van der Waals surface area contributed by atoms with Crippen LogP contribution in [0.15, 0.2) is 30.3 Å². The van der Waals surface area contributed by atoms with E-state index in [0.29, 0.717) is 18.2 Å². The van der Waals surface area contributed by atoms with Gasteiger partial charge in [0.05, 0.1) is 12.7 Å². The van der Waals surface area contributed by atoms with Crippen LogP contribution in [-0.2, 0) is 4.74 Å². The summed E-state index contributed by atoms with van der Waals surface area (Å²) >= 11 is 0. The molecule has 1 aliphatic heterocycles. The quantitative estimate of drug-likeness (QED) is 0.882. The van der Waals surface area contributed by atoms with Gasteiger partial charge in [-0.1, -0.05) is 30.3 Å². The summed E-state index contributed by atoms with van der Waals surface area (Å²) in [4.78, 5) is 2.49. The Balaban J connectivity index is 1.79. The Kier molecular flexibility index (Phi) is 5.37. The molecule has 0 aromatic heterocycles. The highest BCUT2D eigenvalue weighted by Gasteiger charge is 2.22. The summed E-state index contributed by atoms with van der Waals surface area (Å²) in [6, 6.07) is 11.5. The lowest BCUT2D eigenvalue weighted by molar-refractivity contribution is -0.0379. The van der Waals surface area contributed by atoms with Gasteiger partial charge < -0.3 is 10.1 Å². The monoisotopic (exact) mass is 262 g/mol. The van der Waals surface area contributed by atoms with Gasteiger partial charge in [-0.25, -0.2) is 0 Å². The minimum absolute atomic E-state index is 0.308. The zero-order valence-electron chi connectivity index (χ0n) is 12.3.